The van der Waals surface area contributed by atoms with Crippen molar-refractivity contribution in [3.63, 3.8) is 0 Å². The zero-order valence-corrected chi connectivity index (χ0v) is 16.0. The minimum absolute atomic E-state index is 0.0328. The van der Waals surface area contributed by atoms with Crippen molar-refractivity contribution >= 4 is 35.6 Å². The third-order valence-corrected chi connectivity index (χ3v) is 6.25. The number of carbonyl (C=O) groups excluding carboxylic acids is 2. The molecule has 0 aliphatic carbocycles. The Kier molecular flexibility index (Phi) is 5.08. The number of amidine groups is 1. The molecular weight excluding hydrogens is 376 g/mol. The summed E-state index contributed by atoms with van der Waals surface area (Å²) in [6, 6.07) is -0.916. The van der Waals surface area contributed by atoms with Crippen LogP contribution in [0.2, 0.25) is 0 Å². The number of thioether (sulfide) groups is 1. The van der Waals surface area contributed by atoms with E-state index in [0.29, 0.717) is 23.6 Å². The van der Waals surface area contributed by atoms with Crippen LogP contribution in [0.25, 0.3) is 0 Å². The van der Waals surface area contributed by atoms with E-state index in [1.54, 1.807) is 14.1 Å². The highest BCUT2D eigenvalue weighted by Crippen LogP contribution is 2.49. The second-order valence-corrected chi connectivity index (χ2v) is 8.28. The molecule has 0 bridgehead atoms. The SMILES string of the molecule is C[C@@H](O)[C@H]1C(=O)N2C(OC(=O)O)=C(SC3C[C@@H](C(=O)N(C)C)N=C3N)C[C@H]12. The minimum Gasteiger partial charge on any atom is -0.449 e. The van der Waals surface area contributed by atoms with Gasteiger partial charge >= 0.3 is 6.16 Å². The van der Waals surface area contributed by atoms with Gasteiger partial charge in [0.25, 0.3) is 0 Å². The number of nitrogens with zero attached hydrogens (tertiary/aromatic N) is 3. The summed E-state index contributed by atoms with van der Waals surface area (Å²) in [4.78, 5) is 43.0. The number of hydrogen-bond donors (Lipinski definition) is 3. The van der Waals surface area contributed by atoms with Gasteiger partial charge in [-0.2, -0.15) is 0 Å². The van der Waals surface area contributed by atoms with Crippen LogP contribution >= 0.6 is 11.8 Å². The Morgan fingerprint density at radius 1 is 1.44 bits per heavy atom. The van der Waals surface area contributed by atoms with E-state index >= 15 is 0 Å². The fourth-order valence-electron chi connectivity index (χ4n) is 3.64. The number of carbonyl (C=O) groups is 3. The van der Waals surface area contributed by atoms with E-state index in [2.05, 4.69) is 4.99 Å². The third kappa shape index (κ3) is 3.36. The number of likely N-dealkylation sites (N-methyl/N-ethyl adjacent to an activating group) is 1. The smallest absolute Gasteiger partial charge is 0.449 e. The standard InChI is InChI=1S/C16H22N4O6S/c1-6(21)11-8-5-10(15(26-16(24)25)20(8)14(11)23)27-9-4-7(18-12(9)17)13(22)19(2)3/h6-9,11,21H,4-5H2,1-3H3,(H2,17,18)(H,24,25)/t6-,7+,8-,9?,11-/m1/s1. The molecule has 27 heavy (non-hydrogen) atoms. The van der Waals surface area contributed by atoms with Gasteiger partial charge in [0.15, 0.2) is 0 Å². The Morgan fingerprint density at radius 3 is 2.67 bits per heavy atom. The first-order valence-electron chi connectivity index (χ1n) is 8.47. The molecule has 0 spiro atoms. The number of rotatable bonds is 5. The number of β-lactam (4-membered cyclic amide) rings is 1. The summed E-state index contributed by atoms with van der Waals surface area (Å²) in [6.45, 7) is 1.53. The first kappa shape index (κ1) is 19.5. The van der Waals surface area contributed by atoms with Gasteiger partial charge in [-0.05, 0) is 13.3 Å². The molecule has 3 rings (SSSR count). The van der Waals surface area contributed by atoms with Crippen LogP contribution in [0, 0.1) is 5.92 Å². The van der Waals surface area contributed by atoms with Crippen molar-refractivity contribution in [1.29, 1.82) is 0 Å². The molecule has 11 heteroatoms. The van der Waals surface area contributed by atoms with Gasteiger partial charge in [-0.15, -0.1) is 11.8 Å². The van der Waals surface area contributed by atoms with E-state index in [1.807, 2.05) is 0 Å². The maximum absolute atomic E-state index is 12.3. The van der Waals surface area contributed by atoms with Crippen LogP contribution in [0.4, 0.5) is 4.79 Å². The highest BCUT2D eigenvalue weighted by atomic mass is 32.2. The number of aliphatic imine (C=N–C) groups is 1. The zero-order chi connectivity index (χ0) is 20.0. The molecule has 3 aliphatic rings. The molecule has 1 unspecified atom stereocenters. The number of nitrogens with two attached hydrogens (primary N) is 1. The summed E-state index contributed by atoms with van der Waals surface area (Å²) in [7, 11) is 3.28. The topological polar surface area (TPSA) is 146 Å². The lowest BCUT2D eigenvalue weighted by atomic mass is 9.84. The summed E-state index contributed by atoms with van der Waals surface area (Å²) in [5.41, 5.74) is 5.98. The Hall–Kier alpha value is -2.27. The summed E-state index contributed by atoms with van der Waals surface area (Å²) in [5.74, 6) is -0.843. The van der Waals surface area contributed by atoms with Crippen LogP contribution in [-0.2, 0) is 14.3 Å². The summed E-state index contributed by atoms with van der Waals surface area (Å²) in [6.07, 6.45) is -1.61. The van der Waals surface area contributed by atoms with Crippen LogP contribution in [0.5, 0.6) is 0 Å². The molecule has 0 saturated carbocycles. The lowest BCUT2D eigenvalue weighted by molar-refractivity contribution is -0.161. The van der Waals surface area contributed by atoms with Crippen molar-refractivity contribution in [3.8, 4) is 0 Å². The maximum atomic E-state index is 12.3. The molecule has 0 aromatic carbocycles. The largest absolute Gasteiger partial charge is 0.512 e. The normalized spacial score (nSPS) is 30.6. The van der Waals surface area contributed by atoms with Crippen LogP contribution < -0.4 is 5.73 Å². The maximum Gasteiger partial charge on any atom is 0.512 e. The lowest BCUT2D eigenvalue weighted by Crippen LogP contribution is -2.61. The molecule has 4 N–H and O–H groups in total. The molecule has 1 fully saturated rings. The molecule has 148 valence electrons. The van der Waals surface area contributed by atoms with Crippen molar-refractivity contribution in [2.24, 2.45) is 16.6 Å². The van der Waals surface area contributed by atoms with Crippen molar-refractivity contribution in [3.05, 3.63) is 10.8 Å². The molecular formula is C16H22N4O6S. The monoisotopic (exact) mass is 398 g/mol. The molecule has 3 heterocycles. The van der Waals surface area contributed by atoms with E-state index in [9.17, 15) is 19.5 Å². The fraction of sp³-hybridized carbons (Fsp3) is 0.625. The number of aliphatic hydroxyl groups excluding tert-OH is 1. The van der Waals surface area contributed by atoms with Gasteiger partial charge in [-0.3, -0.25) is 19.5 Å². The third-order valence-electron chi connectivity index (χ3n) is 4.91. The predicted molar refractivity (Wildman–Crippen MR) is 96.7 cm³/mol. The van der Waals surface area contributed by atoms with Crippen molar-refractivity contribution in [2.45, 2.75) is 43.2 Å². The van der Waals surface area contributed by atoms with Gasteiger partial charge in [0.05, 0.1) is 23.3 Å². The second kappa shape index (κ2) is 7.04. The number of hydrogen-bond acceptors (Lipinski definition) is 8. The van der Waals surface area contributed by atoms with E-state index in [0.717, 1.165) is 0 Å². The number of carboxylic acid groups (broad SMARTS) is 1. The Morgan fingerprint density at radius 2 is 2.11 bits per heavy atom. The fourth-order valence-corrected chi connectivity index (χ4v) is 4.95. The molecule has 3 aliphatic heterocycles. The highest BCUT2D eigenvalue weighted by Gasteiger charge is 2.57. The van der Waals surface area contributed by atoms with Gasteiger partial charge in [0.2, 0.25) is 17.7 Å². The van der Waals surface area contributed by atoms with Crippen LogP contribution in [-0.4, -0.2) is 81.4 Å². The Bertz CT molecular complexity index is 749. The highest BCUT2D eigenvalue weighted by molar-refractivity contribution is 8.04. The average Bonchev–Trinajstić information content (AvgIpc) is 3.05. The second-order valence-electron chi connectivity index (χ2n) is 6.99. The van der Waals surface area contributed by atoms with Crippen LogP contribution in [0.3, 0.4) is 0 Å². The summed E-state index contributed by atoms with van der Waals surface area (Å²) < 4.78 is 4.86. The molecule has 1 saturated heterocycles. The van der Waals surface area contributed by atoms with Gasteiger partial charge in [0.1, 0.15) is 11.9 Å². The lowest BCUT2D eigenvalue weighted by Gasteiger charge is -2.44. The van der Waals surface area contributed by atoms with E-state index in [4.69, 9.17) is 15.6 Å². The van der Waals surface area contributed by atoms with Crippen LogP contribution in [0.15, 0.2) is 15.8 Å². The van der Waals surface area contributed by atoms with E-state index in [1.165, 1.54) is 28.5 Å². The van der Waals surface area contributed by atoms with Crippen molar-refractivity contribution in [1.82, 2.24) is 9.80 Å². The Balaban J connectivity index is 1.78. The number of amides is 2. The average molecular weight is 398 g/mol. The Labute approximate surface area is 160 Å². The van der Waals surface area contributed by atoms with Gasteiger partial charge in [-0.1, -0.05) is 0 Å². The number of aliphatic hydroxyl groups is 1. The summed E-state index contributed by atoms with van der Waals surface area (Å²) >= 11 is 1.26. The first-order chi connectivity index (χ1) is 12.6. The van der Waals surface area contributed by atoms with Crippen molar-refractivity contribution < 1.29 is 29.3 Å². The number of fused-ring (bicyclic) bond motifs is 1. The minimum atomic E-state index is -1.52. The molecule has 10 nitrogen and oxygen atoms in total. The molecule has 0 radical (unpaired) electrons. The zero-order valence-electron chi connectivity index (χ0n) is 15.2. The van der Waals surface area contributed by atoms with Gasteiger partial charge < -0.3 is 25.6 Å². The predicted octanol–water partition coefficient (Wildman–Crippen LogP) is -0.219. The van der Waals surface area contributed by atoms with E-state index < -0.39 is 24.2 Å². The van der Waals surface area contributed by atoms with Gasteiger partial charge in [0, 0.05) is 25.4 Å². The first-order valence-corrected chi connectivity index (χ1v) is 9.35. The molecule has 5 atom stereocenters. The van der Waals surface area contributed by atoms with Gasteiger partial charge in [-0.25, -0.2) is 4.79 Å². The molecule has 2 amide bonds. The van der Waals surface area contributed by atoms with E-state index in [-0.39, 0.29) is 29.0 Å². The number of ether oxygens (including phenoxy) is 1. The van der Waals surface area contributed by atoms with Crippen molar-refractivity contribution in [2.75, 3.05) is 14.1 Å². The quantitative estimate of drug-likeness (QED) is 0.426. The summed E-state index contributed by atoms with van der Waals surface area (Å²) in [5, 5.41) is 18.5. The molecule has 0 aromatic rings. The molecule has 0 aromatic heterocycles. The van der Waals surface area contributed by atoms with Crippen LogP contribution in [0.1, 0.15) is 19.8 Å².